The van der Waals surface area contributed by atoms with E-state index < -0.39 is 0 Å². The molecule has 0 radical (unpaired) electrons. The molecule has 1 aromatic carbocycles. The molecule has 0 atom stereocenters. The number of hydrogen-bond acceptors (Lipinski definition) is 3. The molecule has 0 saturated carbocycles. The number of nitrogens with zero attached hydrogens (tertiary/aromatic N) is 1. The number of nitrogens with one attached hydrogen (secondary N) is 1. The van der Waals surface area contributed by atoms with Gasteiger partial charge in [0.15, 0.2) is 5.82 Å². The van der Waals surface area contributed by atoms with Crippen LogP contribution in [0.1, 0.15) is 5.69 Å². The summed E-state index contributed by atoms with van der Waals surface area (Å²) in [5.74, 6) is 0.632. The predicted molar refractivity (Wildman–Crippen MR) is 75.8 cm³/mol. The third-order valence-electron chi connectivity index (χ3n) is 2.27. The molecule has 0 bridgehead atoms. The Morgan fingerprint density at radius 3 is 2.82 bits per heavy atom. The molecule has 1 heterocycles. The van der Waals surface area contributed by atoms with Gasteiger partial charge in [0.25, 0.3) is 0 Å². The van der Waals surface area contributed by atoms with Crippen molar-refractivity contribution in [2.45, 2.75) is 6.92 Å². The van der Waals surface area contributed by atoms with Gasteiger partial charge < -0.3 is 11.1 Å². The molecular formula is C12H11BrClN3. The third-order valence-corrected chi connectivity index (χ3v) is 3.67. The van der Waals surface area contributed by atoms with E-state index in [4.69, 9.17) is 17.3 Å². The van der Waals surface area contributed by atoms with E-state index in [1.54, 1.807) is 0 Å². The molecular weight excluding hydrogens is 302 g/mol. The molecule has 1 aromatic heterocycles. The van der Waals surface area contributed by atoms with Crippen molar-refractivity contribution in [3.05, 3.63) is 45.5 Å². The highest BCUT2D eigenvalue weighted by molar-refractivity contribution is 9.10. The van der Waals surface area contributed by atoms with Gasteiger partial charge in [0.1, 0.15) is 0 Å². The van der Waals surface area contributed by atoms with E-state index in [9.17, 15) is 0 Å². The average molecular weight is 313 g/mol. The largest absolute Gasteiger partial charge is 0.396 e. The van der Waals surface area contributed by atoms with Gasteiger partial charge in [0.2, 0.25) is 0 Å². The van der Waals surface area contributed by atoms with E-state index in [2.05, 4.69) is 26.2 Å². The Balaban J connectivity index is 2.38. The Kier molecular flexibility index (Phi) is 3.54. The lowest BCUT2D eigenvalue weighted by Crippen LogP contribution is -2.00. The first-order chi connectivity index (χ1) is 8.08. The topological polar surface area (TPSA) is 50.9 Å². The minimum Gasteiger partial charge on any atom is -0.396 e. The Morgan fingerprint density at radius 2 is 2.06 bits per heavy atom. The summed E-state index contributed by atoms with van der Waals surface area (Å²) < 4.78 is 0.796. The van der Waals surface area contributed by atoms with Crippen molar-refractivity contribution in [1.29, 1.82) is 0 Å². The van der Waals surface area contributed by atoms with Crippen LogP contribution in [0.15, 0.2) is 34.8 Å². The van der Waals surface area contributed by atoms with Gasteiger partial charge in [0.05, 0.1) is 20.9 Å². The minimum atomic E-state index is 0.600. The fourth-order valence-electron chi connectivity index (χ4n) is 1.40. The molecule has 5 heteroatoms. The zero-order valence-electron chi connectivity index (χ0n) is 9.17. The van der Waals surface area contributed by atoms with Crippen LogP contribution in [0.25, 0.3) is 0 Å². The lowest BCUT2D eigenvalue weighted by molar-refractivity contribution is 1.20. The van der Waals surface area contributed by atoms with Gasteiger partial charge in [-0.25, -0.2) is 4.98 Å². The summed E-state index contributed by atoms with van der Waals surface area (Å²) in [6, 6.07) is 9.27. The Morgan fingerprint density at radius 1 is 1.29 bits per heavy atom. The van der Waals surface area contributed by atoms with Crippen molar-refractivity contribution in [2.24, 2.45) is 0 Å². The molecule has 0 spiro atoms. The van der Waals surface area contributed by atoms with E-state index in [-0.39, 0.29) is 0 Å². The van der Waals surface area contributed by atoms with Gasteiger partial charge in [-0.05, 0) is 47.1 Å². The van der Waals surface area contributed by atoms with Crippen LogP contribution in [0.4, 0.5) is 17.2 Å². The highest BCUT2D eigenvalue weighted by Crippen LogP contribution is 2.32. The van der Waals surface area contributed by atoms with E-state index >= 15 is 0 Å². The van der Waals surface area contributed by atoms with E-state index in [0.717, 1.165) is 15.9 Å². The van der Waals surface area contributed by atoms with E-state index in [1.807, 2.05) is 37.3 Å². The van der Waals surface area contributed by atoms with Crippen LogP contribution < -0.4 is 11.1 Å². The van der Waals surface area contributed by atoms with Crippen molar-refractivity contribution in [2.75, 3.05) is 11.1 Å². The lowest BCUT2D eigenvalue weighted by atomic mass is 10.3. The van der Waals surface area contributed by atoms with Crippen LogP contribution in [0.2, 0.25) is 5.02 Å². The number of hydrogen-bond donors (Lipinski definition) is 2. The summed E-state index contributed by atoms with van der Waals surface area (Å²) in [7, 11) is 0. The van der Waals surface area contributed by atoms with Gasteiger partial charge in [-0.2, -0.15) is 0 Å². The molecule has 0 saturated heterocycles. The van der Waals surface area contributed by atoms with Crippen LogP contribution in [0.5, 0.6) is 0 Å². The Bertz CT molecular complexity index is 557. The molecule has 0 aliphatic heterocycles. The number of nitrogens with two attached hydrogens (primary N) is 1. The van der Waals surface area contributed by atoms with Crippen molar-refractivity contribution in [3.8, 4) is 0 Å². The number of halogens is 2. The van der Waals surface area contributed by atoms with Crippen LogP contribution in [-0.2, 0) is 0 Å². The quantitative estimate of drug-likeness (QED) is 0.876. The lowest BCUT2D eigenvalue weighted by Gasteiger charge is -2.11. The monoisotopic (exact) mass is 311 g/mol. The van der Waals surface area contributed by atoms with Crippen molar-refractivity contribution < 1.29 is 0 Å². The summed E-state index contributed by atoms with van der Waals surface area (Å²) >= 11 is 9.43. The van der Waals surface area contributed by atoms with Crippen LogP contribution in [0, 0.1) is 6.92 Å². The van der Waals surface area contributed by atoms with Gasteiger partial charge in [-0.15, -0.1) is 0 Å². The van der Waals surface area contributed by atoms with Crippen LogP contribution >= 0.6 is 27.5 Å². The first-order valence-corrected chi connectivity index (χ1v) is 6.19. The maximum absolute atomic E-state index is 6.01. The summed E-state index contributed by atoms with van der Waals surface area (Å²) in [5, 5.41) is 3.79. The first-order valence-electron chi connectivity index (χ1n) is 5.02. The van der Waals surface area contributed by atoms with Crippen LogP contribution in [-0.4, -0.2) is 4.98 Å². The Hall–Kier alpha value is -1.26. The second-order valence-corrected chi connectivity index (χ2v) is 4.82. The molecule has 3 N–H and O–H groups in total. The highest BCUT2D eigenvalue weighted by atomic mass is 79.9. The van der Waals surface area contributed by atoms with Crippen molar-refractivity contribution in [1.82, 2.24) is 4.98 Å². The summed E-state index contributed by atoms with van der Waals surface area (Å²) in [6.07, 6.45) is 0. The average Bonchev–Trinajstić information content (AvgIpc) is 2.30. The number of benzene rings is 1. The van der Waals surface area contributed by atoms with Gasteiger partial charge in [-0.1, -0.05) is 17.7 Å². The molecule has 88 valence electrons. The second kappa shape index (κ2) is 4.94. The molecule has 2 rings (SSSR count). The molecule has 3 nitrogen and oxygen atoms in total. The third kappa shape index (κ3) is 2.70. The predicted octanol–water partition coefficient (Wildman–Crippen LogP) is 4.13. The number of anilines is 3. The summed E-state index contributed by atoms with van der Waals surface area (Å²) in [5.41, 5.74) is 8.19. The highest BCUT2D eigenvalue weighted by Gasteiger charge is 2.06. The number of rotatable bonds is 2. The number of aryl methyl sites for hydroxylation is 1. The molecule has 0 aliphatic rings. The summed E-state index contributed by atoms with van der Waals surface area (Å²) in [6.45, 7) is 1.91. The maximum Gasteiger partial charge on any atom is 0.153 e. The van der Waals surface area contributed by atoms with Gasteiger partial charge in [-0.3, -0.25) is 0 Å². The van der Waals surface area contributed by atoms with Gasteiger partial charge in [0, 0.05) is 5.69 Å². The minimum absolute atomic E-state index is 0.600. The molecule has 0 fully saturated rings. The fraction of sp³-hybridized carbons (Fsp3) is 0.0833. The Labute approximate surface area is 113 Å². The molecule has 0 unspecified atom stereocenters. The summed E-state index contributed by atoms with van der Waals surface area (Å²) in [4.78, 5) is 4.34. The van der Waals surface area contributed by atoms with Crippen LogP contribution in [0.3, 0.4) is 0 Å². The smallest absolute Gasteiger partial charge is 0.153 e. The second-order valence-electron chi connectivity index (χ2n) is 3.62. The van der Waals surface area contributed by atoms with Crippen molar-refractivity contribution in [3.63, 3.8) is 0 Å². The number of pyridine rings is 1. The molecule has 0 aliphatic carbocycles. The van der Waals surface area contributed by atoms with E-state index in [1.165, 1.54) is 0 Å². The van der Waals surface area contributed by atoms with Gasteiger partial charge >= 0.3 is 0 Å². The number of nitrogen functional groups attached to an aromatic ring is 1. The van der Waals surface area contributed by atoms with E-state index in [0.29, 0.717) is 16.5 Å². The fourth-order valence-corrected chi connectivity index (χ4v) is 1.93. The molecule has 2 aromatic rings. The zero-order chi connectivity index (χ0) is 12.4. The maximum atomic E-state index is 6.01. The first kappa shape index (κ1) is 12.2. The number of aromatic nitrogens is 1. The molecule has 0 amide bonds. The molecule has 17 heavy (non-hydrogen) atoms. The van der Waals surface area contributed by atoms with Crippen molar-refractivity contribution >= 4 is 44.7 Å². The zero-order valence-corrected chi connectivity index (χ0v) is 11.5. The SMILES string of the molecule is Cc1ccc(N)c(Nc2cccc(Cl)c2Br)n1. The normalized spacial score (nSPS) is 10.3. The standard InChI is InChI=1S/C12H11BrClN3/c1-7-5-6-9(15)12(16-7)17-10-4-2-3-8(14)11(10)13/h2-6H,15H2,1H3,(H,16,17).